The van der Waals surface area contributed by atoms with E-state index in [1.165, 1.54) is 42.4 Å². The van der Waals surface area contributed by atoms with Gasteiger partial charge >= 0.3 is 0 Å². The van der Waals surface area contributed by atoms with Gasteiger partial charge in [-0.2, -0.15) is 0 Å². The van der Waals surface area contributed by atoms with Crippen molar-refractivity contribution >= 4 is 0 Å². The summed E-state index contributed by atoms with van der Waals surface area (Å²) in [5.74, 6) is 0.938. The van der Waals surface area contributed by atoms with Gasteiger partial charge in [0.25, 0.3) is 0 Å². The van der Waals surface area contributed by atoms with Crippen LogP contribution in [0.15, 0.2) is 18.2 Å². The summed E-state index contributed by atoms with van der Waals surface area (Å²) in [7, 11) is 0. The third-order valence-electron chi connectivity index (χ3n) is 4.23. The Labute approximate surface area is 106 Å². The van der Waals surface area contributed by atoms with Gasteiger partial charge < -0.3 is 5.32 Å². The number of hydrogen-bond donors (Lipinski definition) is 1. The molecule has 0 atom stereocenters. The molecule has 2 rings (SSSR count). The quantitative estimate of drug-likeness (QED) is 0.830. The van der Waals surface area contributed by atoms with Crippen molar-refractivity contribution in [2.75, 3.05) is 0 Å². The molecule has 94 valence electrons. The summed E-state index contributed by atoms with van der Waals surface area (Å²) in [6, 6.07) is 7.32. The average Bonchev–Trinajstić information content (AvgIpc) is 2.31. The SMILES string of the molecule is Cc1cccc(C)c1CNC1CCC(C)CC1. The number of hydrogen-bond acceptors (Lipinski definition) is 1. The van der Waals surface area contributed by atoms with Crippen molar-refractivity contribution in [1.82, 2.24) is 5.32 Å². The predicted molar refractivity (Wildman–Crippen MR) is 74.2 cm³/mol. The highest BCUT2D eigenvalue weighted by atomic mass is 14.9. The predicted octanol–water partition coefficient (Wildman–Crippen LogP) is 3.97. The Morgan fingerprint density at radius 1 is 1.06 bits per heavy atom. The van der Waals surface area contributed by atoms with Crippen LogP contribution in [-0.4, -0.2) is 6.04 Å². The monoisotopic (exact) mass is 231 g/mol. The molecule has 0 unspecified atom stereocenters. The molecule has 1 saturated carbocycles. The topological polar surface area (TPSA) is 12.0 Å². The summed E-state index contributed by atoms with van der Waals surface area (Å²) < 4.78 is 0. The third-order valence-corrected chi connectivity index (χ3v) is 4.23. The number of nitrogens with one attached hydrogen (secondary N) is 1. The van der Waals surface area contributed by atoms with E-state index in [0.717, 1.165) is 18.5 Å². The summed E-state index contributed by atoms with van der Waals surface area (Å²) in [5.41, 5.74) is 4.33. The third kappa shape index (κ3) is 3.32. The van der Waals surface area contributed by atoms with Crippen LogP contribution in [0.5, 0.6) is 0 Å². The lowest BCUT2D eigenvalue weighted by Crippen LogP contribution is -2.32. The van der Waals surface area contributed by atoms with Gasteiger partial charge in [0.15, 0.2) is 0 Å². The first-order valence-corrected chi connectivity index (χ1v) is 6.95. The second-order valence-corrected chi connectivity index (χ2v) is 5.71. The van der Waals surface area contributed by atoms with Crippen LogP contribution in [0.1, 0.15) is 49.3 Å². The van der Waals surface area contributed by atoms with E-state index in [2.05, 4.69) is 44.3 Å². The van der Waals surface area contributed by atoms with Crippen molar-refractivity contribution in [2.24, 2.45) is 5.92 Å². The molecule has 0 heterocycles. The van der Waals surface area contributed by atoms with E-state index in [1.807, 2.05) is 0 Å². The summed E-state index contributed by atoms with van der Waals surface area (Å²) in [6.45, 7) is 7.85. The molecule has 1 aliphatic rings. The number of aryl methyl sites for hydroxylation is 2. The Hall–Kier alpha value is -0.820. The molecule has 1 heteroatoms. The minimum atomic E-state index is 0.741. The fourth-order valence-corrected chi connectivity index (χ4v) is 2.84. The van der Waals surface area contributed by atoms with Crippen molar-refractivity contribution < 1.29 is 0 Å². The van der Waals surface area contributed by atoms with E-state index in [0.29, 0.717) is 0 Å². The minimum absolute atomic E-state index is 0.741. The van der Waals surface area contributed by atoms with Crippen LogP contribution < -0.4 is 5.32 Å². The highest BCUT2D eigenvalue weighted by molar-refractivity contribution is 5.33. The molecule has 0 amide bonds. The normalized spacial score (nSPS) is 24.9. The van der Waals surface area contributed by atoms with Gasteiger partial charge in [-0.25, -0.2) is 0 Å². The zero-order valence-electron chi connectivity index (χ0n) is 11.4. The zero-order chi connectivity index (χ0) is 12.3. The van der Waals surface area contributed by atoms with Gasteiger partial charge in [-0.05, 0) is 62.1 Å². The van der Waals surface area contributed by atoms with E-state index in [1.54, 1.807) is 0 Å². The van der Waals surface area contributed by atoms with Gasteiger partial charge in [-0.1, -0.05) is 25.1 Å². The fourth-order valence-electron chi connectivity index (χ4n) is 2.84. The molecule has 0 spiro atoms. The Kier molecular flexibility index (Phi) is 4.22. The molecule has 1 N–H and O–H groups in total. The van der Waals surface area contributed by atoms with E-state index < -0.39 is 0 Å². The molecule has 0 aliphatic heterocycles. The highest BCUT2D eigenvalue weighted by Crippen LogP contribution is 2.24. The first-order chi connectivity index (χ1) is 8.16. The van der Waals surface area contributed by atoms with Crippen LogP contribution in [-0.2, 0) is 6.54 Å². The molecular weight excluding hydrogens is 206 g/mol. The number of rotatable bonds is 3. The Morgan fingerprint density at radius 2 is 1.65 bits per heavy atom. The van der Waals surface area contributed by atoms with Gasteiger partial charge in [0, 0.05) is 12.6 Å². The van der Waals surface area contributed by atoms with Gasteiger partial charge in [-0.3, -0.25) is 0 Å². The standard InChI is InChI=1S/C16H25N/c1-12-7-9-15(10-8-12)17-11-16-13(2)5-4-6-14(16)3/h4-6,12,15,17H,7-11H2,1-3H3. The van der Waals surface area contributed by atoms with Crippen molar-refractivity contribution in [2.45, 2.75) is 59.0 Å². The van der Waals surface area contributed by atoms with Crippen LogP contribution in [0.3, 0.4) is 0 Å². The second-order valence-electron chi connectivity index (χ2n) is 5.71. The number of benzene rings is 1. The van der Waals surface area contributed by atoms with Crippen molar-refractivity contribution in [3.8, 4) is 0 Å². The highest BCUT2D eigenvalue weighted by Gasteiger charge is 2.17. The van der Waals surface area contributed by atoms with Crippen molar-refractivity contribution in [1.29, 1.82) is 0 Å². The Bertz CT molecular complexity index is 342. The van der Waals surface area contributed by atoms with Crippen LogP contribution in [0.25, 0.3) is 0 Å². The molecule has 0 radical (unpaired) electrons. The van der Waals surface area contributed by atoms with Crippen LogP contribution in [0, 0.1) is 19.8 Å². The molecule has 1 aliphatic carbocycles. The van der Waals surface area contributed by atoms with E-state index >= 15 is 0 Å². The first kappa shape index (κ1) is 12.6. The second kappa shape index (κ2) is 5.68. The largest absolute Gasteiger partial charge is 0.310 e. The van der Waals surface area contributed by atoms with Crippen LogP contribution in [0.2, 0.25) is 0 Å². The van der Waals surface area contributed by atoms with Gasteiger partial charge in [0.1, 0.15) is 0 Å². The lowest BCUT2D eigenvalue weighted by molar-refractivity contribution is 0.306. The lowest BCUT2D eigenvalue weighted by atomic mass is 9.87. The summed E-state index contributed by atoms with van der Waals surface area (Å²) in [6.07, 6.45) is 5.49. The molecule has 17 heavy (non-hydrogen) atoms. The average molecular weight is 231 g/mol. The lowest BCUT2D eigenvalue weighted by Gasteiger charge is -2.27. The summed E-state index contributed by atoms with van der Waals surface area (Å²) in [4.78, 5) is 0. The van der Waals surface area contributed by atoms with Gasteiger partial charge in [-0.15, -0.1) is 0 Å². The van der Waals surface area contributed by atoms with E-state index in [9.17, 15) is 0 Å². The molecular formula is C16H25N. The molecule has 1 nitrogen and oxygen atoms in total. The van der Waals surface area contributed by atoms with Crippen LogP contribution >= 0.6 is 0 Å². The first-order valence-electron chi connectivity index (χ1n) is 6.95. The molecule has 0 bridgehead atoms. The van der Waals surface area contributed by atoms with Crippen molar-refractivity contribution in [3.63, 3.8) is 0 Å². The maximum atomic E-state index is 3.74. The maximum Gasteiger partial charge on any atom is 0.0213 e. The molecule has 1 aromatic carbocycles. The van der Waals surface area contributed by atoms with Gasteiger partial charge in [0.2, 0.25) is 0 Å². The summed E-state index contributed by atoms with van der Waals surface area (Å²) >= 11 is 0. The van der Waals surface area contributed by atoms with E-state index in [4.69, 9.17) is 0 Å². The molecule has 1 fully saturated rings. The van der Waals surface area contributed by atoms with E-state index in [-0.39, 0.29) is 0 Å². The van der Waals surface area contributed by atoms with Crippen molar-refractivity contribution in [3.05, 3.63) is 34.9 Å². The minimum Gasteiger partial charge on any atom is -0.310 e. The Balaban J connectivity index is 1.89. The van der Waals surface area contributed by atoms with Gasteiger partial charge in [0.05, 0.1) is 0 Å². The smallest absolute Gasteiger partial charge is 0.0213 e. The molecule has 1 aromatic rings. The molecule has 0 aromatic heterocycles. The molecule has 0 saturated heterocycles. The fraction of sp³-hybridized carbons (Fsp3) is 0.625. The summed E-state index contributed by atoms with van der Waals surface area (Å²) in [5, 5.41) is 3.74. The maximum absolute atomic E-state index is 3.74. The van der Waals surface area contributed by atoms with Crippen LogP contribution in [0.4, 0.5) is 0 Å². The Morgan fingerprint density at radius 3 is 2.24 bits per heavy atom. The zero-order valence-corrected chi connectivity index (χ0v) is 11.4.